The molecular weight excluding hydrogens is 542 g/mol. The average molecular weight is 557 g/mol. The highest BCUT2D eigenvalue weighted by molar-refractivity contribution is 9.11. The van der Waals surface area contributed by atoms with E-state index in [4.69, 9.17) is 21.7 Å². The van der Waals surface area contributed by atoms with Gasteiger partial charge in [-0.1, -0.05) is 15.9 Å². The molecule has 0 bridgehead atoms. The zero-order chi connectivity index (χ0) is 21.0. The van der Waals surface area contributed by atoms with Gasteiger partial charge in [0.05, 0.1) is 29.9 Å². The molecule has 2 N–H and O–H groups in total. The SMILES string of the molecule is COc1ccc(-c2csc(NC(=S)NC(=O)c3cc(Br)cc(Br)c3OC)n2)cc1. The fourth-order valence-electron chi connectivity index (χ4n) is 2.46. The Labute approximate surface area is 193 Å². The molecule has 0 aliphatic heterocycles. The lowest BCUT2D eigenvalue weighted by molar-refractivity contribution is 0.0974. The minimum absolute atomic E-state index is 0.142. The van der Waals surface area contributed by atoms with E-state index in [1.165, 1.54) is 18.4 Å². The minimum Gasteiger partial charge on any atom is -0.497 e. The smallest absolute Gasteiger partial charge is 0.261 e. The second-order valence-electron chi connectivity index (χ2n) is 5.64. The van der Waals surface area contributed by atoms with Gasteiger partial charge in [0, 0.05) is 15.4 Å². The van der Waals surface area contributed by atoms with Crippen molar-refractivity contribution in [3.63, 3.8) is 0 Å². The third kappa shape index (κ3) is 5.33. The van der Waals surface area contributed by atoms with E-state index in [0.717, 1.165) is 21.5 Å². The molecule has 0 atom stereocenters. The van der Waals surface area contributed by atoms with E-state index in [-0.39, 0.29) is 5.11 Å². The number of anilines is 1. The summed E-state index contributed by atoms with van der Waals surface area (Å²) in [6.07, 6.45) is 0. The lowest BCUT2D eigenvalue weighted by Crippen LogP contribution is -2.34. The summed E-state index contributed by atoms with van der Waals surface area (Å²) in [5.74, 6) is 0.804. The second kappa shape index (κ2) is 9.66. The first-order valence-corrected chi connectivity index (χ1v) is 11.0. The molecule has 10 heteroatoms. The molecule has 0 unspecified atom stereocenters. The van der Waals surface area contributed by atoms with Gasteiger partial charge in [-0.25, -0.2) is 4.98 Å². The van der Waals surface area contributed by atoms with E-state index >= 15 is 0 Å². The summed E-state index contributed by atoms with van der Waals surface area (Å²) in [6, 6.07) is 11.0. The molecule has 1 aromatic heterocycles. The Hall–Kier alpha value is -2.01. The zero-order valence-electron chi connectivity index (χ0n) is 15.3. The maximum absolute atomic E-state index is 12.6. The first-order valence-electron chi connectivity index (χ1n) is 8.16. The van der Waals surface area contributed by atoms with Gasteiger partial charge in [0.1, 0.15) is 11.5 Å². The third-order valence-electron chi connectivity index (χ3n) is 3.79. The van der Waals surface area contributed by atoms with Gasteiger partial charge in [0.25, 0.3) is 5.91 Å². The van der Waals surface area contributed by atoms with E-state index in [1.807, 2.05) is 29.6 Å². The highest BCUT2D eigenvalue weighted by atomic mass is 79.9. The van der Waals surface area contributed by atoms with Crippen LogP contribution in [0.5, 0.6) is 11.5 Å². The van der Waals surface area contributed by atoms with E-state index < -0.39 is 5.91 Å². The van der Waals surface area contributed by atoms with Crippen molar-refractivity contribution in [2.45, 2.75) is 0 Å². The summed E-state index contributed by atoms with van der Waals surface area (Å²) in [5, 5.41) is 8.21. The highest BCUT2D eigenvalue weighted by Gasteiger charge is 2.18. The van der Waals surface area contributed by atoms with Gasteiger partial charge in [-0.2, -0.15) is 0 Å². The number of halogens is 2. The molecule has 1 heterocycles. The van der Waals surface area contributed by atoms with Gasteiger partial charge in [0.15, 0.2) is 10.2 Å². The number of nitrogens with one attached hydrogen (secondary N) is 2. The summed E-state index contributed by atoms with van der Waals surface area (Å²) in [4.78, 5) is 17.1. The Morgan fingerprint density at radius 3 is 2.52 bits per heavy atom. The quantitative estimate of drug-likeness (QED) is 0.405. The van der Waals surface area contributed by atoms with Gasteiger partial charge in [-0.3, -0.25) is 10.1 Å². The molecule has 2 aromatic carbocycles. The highest BCUT2D eigenvalue weighted by Crippen LogP contribution is 2.32. The number of rotatable bonds is 5. The Bertz CT molecular complexity index is 1060. The fourth-order valence-corrected chi connectivity index (χ4v) is 4.83. The van der Waals surface area contributed by atoms with E-state index in [2.05, 4.69) is 47.5 Å². The van der Waals surface area contributed by atoms with Crippen LogP contribution in [0.4, 0.5) is 5.13 Å². The Morgan fingerprint density at radius 1 is 1.14 bits per heavy atom. The van der Waals surface area contributed by atoms with Crippen LogP contribution in [0.1, 0.15) is 10.4 Å². The molecule has 3 rings (SSSR count). The molecule has 0 radical (unpaired) electrons. The van der Waals surface area contributed by atoms with Crippen LogP contribution in [0.25, 0.3) is 11.3 Å². The molecule has 0 saturated carbocycles. The number of nitrogens with zero attached hydrogens (tertiary/aromatic N) is 1. The summed E-state index contributed by atoms with van der Waals surface area (Å²) in [7, 11) is 3.12. The lowest BCUT2D eigenvalue weighted by atomic mass is 10.2. The largest absolute Gasteiger partial charge is 0.497 e. The summed E-state index contributed by atoms with van der Waals surface area (Å²) >= 11 is 13.4. The number of thiazole rings is 1. The van der Waals surface area contributed by atoms with Gasteiger partial charge < -0.3 is 14.8 Å². The number of benzene rings is 2. The number of thiocarbonyl (C=S) groups is 1. The van der Waals surface area contributed by atoms with E-state index in [1.54, 1.807) is 19.2 Å². The fraction of sp³-hybridized carbons (Fsp3) is 0.105. The third-order valence-corrected chi connectivity index (χ3v) is 5.80. The van der Waals surface area contributed by atoms with Gasteiger partial charge in [-0.15, -0.1) is 11.3 Å². The Kier molecular flexibility index (Phi) is 7.23. The first kappa shape index (κ1) is 21.7. The van der Waals surface area contributed by atoms with Gasteiger partial charge in [0.2, 0.25) is 0 Å². The molecule has 0 spiro atoms. The van der Waals surface area contributed by atoms with Crippen LogP contribution in [0.15, 0.2) is 50.7 Å². The van der Waals surface area contributed by atoms with Crippen LogP contribution in [0.2, 0.25) is 0 Å². The predicted octanol–water partition coefficient (Wildman–Crippen LogP) is 5.48. The first-order chi connectivity index (χ1) is 13.9. The molecule has 0 saturated heterocycles. The van der Waals surface area contributed by atoms with Crippen molar-refractivity contribution >= 4 is 71.6 Å². The molecule has 1 amide bonds. The van der Waals surface area contributed by atoms with Crippen LogP contribution in [0, 0.1) is 0 Å². The molecule has 6 nitrogen and oxygen atoms in total. The number of aromatic nitrogens is 1. The number of carbonyl (C=O) groups is 1. The standard InChI is InChI=1S/C19H15Br2N3O3S2/c1-26-12-5-3-10(4-6-12)15-9-29-19(22-15)24-18(28)23-17(25)13-7-11(20)8-14(21)16(13)27-2/h3-9H,1-2H3,(H2,22,23,24,25,28). The van der Waals surface area contributed by atoms with Crippen molar-refractivity contribution in [1.82, 2.24) is 10.3 Å². The Balaban J connectivity index is 1.68. The summed E-state index contributed by atoms with van der Waals surface area (Å²) in [5.41, 5.74) is 2.09. The molecule has 0 aliphatic rings. The van der Waals surface area contributed by atoms with Crippen LogP contribution in [0.3, 0.4) is 0 Å². The minimum atomic E-state index is -0.395. The van der Waals surface area contributed by atoms with Crippen molar-refractivity contribution in [1.29, 1.82) is 0 Å². The normalized spacial score (nSPS) is 10.3. The molecular formula is C19H15Br2N3O3S2. The summed E-state index contributed by atoms with van der Waals surface area (Å²) in [6.45, 7) is 0. The van der Waals surface area contributed by atoms with Crippen LogP contribution < -0.4 is 20.1 Å². The number of carbonyl (C=O) groups excluding carboxylic acids is 1. The van der Waals surface area contributed by atoms with E-state index in [0.29, 0.717) is 20.9 Å². The molecule has 29 heavy (non-hydrogen) atoms. The molecule has 150 valence electrons. The molecule has 0 fully saturated rings. The zero-order valence-corrected chi connectivity index (χ0v) is 20.1. The second-order valence-corrected chi connectivity index (χ2v) is 8.68. The number of amides is 1. The van der Waals surface area contributed by atoms with Crippen molar-refractivity contribution in [3.8, 4) is 22.8 Å². The number of hydrogen-bond donors (Lipinski definition) is 2. The maximum atomic E-state index is 12.6. The predicted molar refractivity (Wildman–Crippen MR) is 126 cm³/mol. The van der Waals surface area contributed by atoms with Crippen molar-refractivity contribution in [3.05, 3.63) is 56.3 Å². The molecule has 0 aliphatic carbocycles. The van der Waals surface area contributed by atoms with Crippen LogP contribution in [-0.4, -0.2) is 30.2 Å². The van der Waals surface area contributed by atoms with Crippen molar-refractivity contribution in [2.24, 2.45) is 0 Å². The van der Waals surface area contributed by atoms with Crippen LogP contribution in [-0.2, 0) is 0 Å². The lowest BCUT2D eigenvalue weighted by Gasteiger charge is -2.12. The van der Waals surface area contributed by atoms with Gasteiger partial charge in [-0.05, 0) is 64.5 Å². The van der Waals surface area contributed by atoms with E-state index in [9.17, 15) is 4.79 Å². The molecule has 3 aromatic rings. The van der Waals surface area contributed by atoms with Crippen molar-refractivity contribution in [2.75, 3.05) is 19.5 Å². The number of ether oxygens (including phenoxy) is 2. The van der Waals surface area contributed by atoms with Crippen molar-refractivity contribution < 1.29 is 14.3 Å². The van der Waals surface area contributed by atoms with Gasteiger partial charge >= 0.3 is 0 Å². The maximum Gasteiger partial charge on any atom is 0.261 e. The van der Waals surface area contributed by atoms with Crippen LogP contribution >= 0.6 is 55.4 Å². The average Bonchev–Trinajstić information content (AvgIpc) is 3.15. The Morgan fingerprint density at radius 2 is 1.86 bits per heavy atom. The number of hydrogen-bond acceptors (Lipinski definition) is 6. The summed E-state index contributed by atoms with van der Waals surface area (Å²) < 4.78 is 11.9. The topological polar surface area (TPSA) is 72.5 Å². The number of methoxy groups -OCH3 is 2. The monoisotopic (exact) mass is 555 g/mol.